The predicted molar refractivity (Wildman–Crippen MR) is 136 cm³/mol. The molecule has 3 heterocycles. The quantitative estimate of drug-likeness (QED) is 0.259. The summed E-state index contributed by atoms with van der Waals surface area (Å²) in [5, 5.41) is 0.506. The van der Waals surface area contributed by atoms with E-state index in [2.05, 4.69) is 4.98 Å². The van der Waals surface area contributed by atoms with Gasteiger partial charge >= 0.3 is 6.18 Å². The lowest BCUT2D eigenvalue weighted by Crippen LogP contribution is -2.40. The van der Waals surface area contributed by atoms with Crippen molar-refractivity contribution in [3.63, 3.8) is 0 Å². The summed E-state index contributed by atoms with van der Waals surface area (Å²) in [5.41, 5.74) is 0.797. The minimum Gasteiger partial charge on any atom is -0.489 e. The van der Waals surface area contributed by atoms with Crippen molar-refractivity contribution >= 4 is 26.8 Å². The van der Waals surface area contributed by atoms with Gasteiger partial charge in [-0.1, -0.05) is 36.4 Å². The second-order valence-electron chi connectivity index (χ2n) is 9.33. The molecule has 11 heteroatoms. The summed E-state index contributed by atoms with van der Waals surface area (Å²) in [5.74, 6) is 0.323. The highest BCUT2D eigenvalue weighted by Gasteiger charge is 2.40. The van der Waals surface area contributed by atoms with Crippen LogP contribution in [0, 0.1) is 0 Å². The average molecular weight is 559 g/mol. The molecule has 2 aromatic heterocycles. The van der Waals surface area contributed by atoms with Gasteiger partial charge in [0.05, 0.1) is 6.04 Å². The van der Waals surface area contributed by atoms with Gasteiger partial charge in [-0.15, -0.1) is 0 Å². The fourth-order valence-electron chi connectivity index (χ4n) is 4.62. The molecule has 1 fully saturated rings. The standard InChI is InChI=1S/C28H25F3N2O5S/c29-28(30,31)26-13-11-20(17-32-26)18-37-22-7-3-5-19(15-22)10-12-24(34)23-8-4-14-33(23)39(35,36)27-16-21-6-1-2-9-25(21)38-27/h1-3,5-7,9,11,13,15-17,23H,4,8,10,12,14,18H2/t23-/m0/s1. The summed E-state index contributed by atoms with van der Waals surface area (Å²) in [6.07, 6.45) is -1.83. The third-order valence-electron chi connectivity index (χ3n) is 6.62. The van der Waals surface area contributed by atoms with Crippen molar-refractivity contribution in [2.45, 2.75) is 49.6 Å². The summed E-state index contributed by atoms with van der Waals surface area (Å²) >= 11 is 0. The van der Waals surface area contributed by atoms with Crippen LogP contribution >= 0.6 is 0 Å². The van der Waals surface area contributed by atoms with E-state index in [0.29, 0.717) is 41.5 Å². The minimum atomic E-state index is -4.50. The number of alkyl halides is 3. The number of carbonyl (C=O) groups is 1. The van der Waals surface area contributed by atoms with Gasteiger partial charge in [0, 0.05) is 36.2 Å². The summed E-state index contributed by atoms with van der Waals surface area (Å²) in [4.78, 5) is 16.5. The number of rotatable bonds is 9. The third kappa shape index (κ3) is 5.99. The molecule has 7 nitrogen and oxygen atoms in total. The van der Waals surface area contributed by atoms with Crippen molar-refractivity contribution in [3.05, 3.63) is 89.7 Å². The number of ketones is 1. The Balaban J connectivity index is 1.20. The smallest absolute Gasteiger partial charge is 0.433 e. The van der Waals surface area contributed by atoms with Gasteiger partial charge in [0.25, 0.3) is 10.0 Å². The summed E-state index contributed by atoms with van der Waals surface area (Å²) < 4.78 is 77.2. The molecule has 0 amide bonds. The molecule has 4 aromatic rings. The van der Waals surface area contributed by atoms with Crippen LogP contribution in [0.4, 0.5) is 13.2 Å². The van der Waals surface area contributed by atoms with Gasteiger partial charge in [-0.25, -0.2) is 8.42 Å². The number of aryl methyl sites for hydroxylation is 1. The largest absolute Gasteiger partial charge is 0.489 e. The predicted octanol–water partition coefficient (Wildman–Crippen LogP) is 5.78. The van der Waals surface area contributed by atoms with Crippen molar-refractivity contribution < 1.29 is 35.5 Å². The molecule has 39 heavy (non-hydrogen) atoms. The SMILES string of the molecule is O=C(CCc1cccc(OCc2ccc(C(F)(F)F)nc2)c1)[C@@H]1CCCN1S(=O)(=O)c1cc2ccccc2o1. The highest BCUT2D eigenvalue weighted by atomic mass is 32.2. The number of hydrogen-bond donors (Lipinski definition) is 0. The first-order valence-electron chi connectivity index (χ1n) is 12.4. The van der Waals surface area contributed by atoms with Crippen molar-refractivity contribution in [1.29, 1.82) is 0 Å². The number of benzene rings is 2. The zero-order valence-corrected chi connectivity index (χ0v) is 21.5. The highest BCUT2D eigenvalue weighted by molar-refractivity contribution is 7.89. The van der Waals surface area contributed by atoms with Gasteiger partial charge in [0.2, 0.25) is 5.09 Å². The molecule has 1 atom stereocenters. The molecule has 1 aliphatic heterocycles. The number of aromatic nitrogens is 1. The van der Waals surface area contributed by atoms with Crippen LogP contribution in [0.2, 0.25) is 0 Å². The maximum Gasteiger partial charge on any atom is 0.433 e. The van der Waals surface area contributed by atoms with Crippen LogP contribution < -0.4 is 4.74 Å². The monoisotopic (exact) mass is 558 g/mol. The minimum absolute atomic E-state index is 0.0319. The van der Waals surface area contributed by atoms with Crippen LogP contribution in [0.3, 0.4) is 0 Å². The van der Waals surface area contributed by atoms with E-state index in [1.54, 1.807) is 42.5 Å². The van der Waals surface area contributed by atoms with Crippen LogP contribution in [-0.4, -0.2) is 36.1 Å². The van der Waals surface area contributed by atoms with E-state index in [-0.39, 0.29) is 30.4 Å². The molecule has 0 N–H and O–H groups in total. The molecule has 0 bridgehead atoms. The Labute approximate surface area is 223 Å². The molecule has 0 unspecified atom stereocenters. The number of Topliss-reactive ketones (excluding diaryl/α,β-unsaturated/α-hetero) is 1. The summed E-state index contributed by atoms with van der Waals surface area (Å²) in [7, 11) is -3.97. The number of ether oxygens (including phenoxy) is 1. The topological polar surface area (TPSA) is 89.7 Å². The van der Waals surface area contributed by atoms with Crippen LogP contribution in [0.5, 0.6) is 5.75 Å². The van der Waals surface area contributed by atoms with Crippen LogP contribution in [-0.2, 0) is 34.0 Å². The Hall–Kier alpha value is -3.70. The molecule has 5 rings (SSSR count). The van der Waals surface area contributed by atoms with Gasteiger partial charge in [0.1, 0.15) is 23.6 Å². The van der Waals surface area contributed by atoms with E-state index in [1.807, 2.05) is 6.07 Å². The molecule has 2 aromatic carbocycles. The Morgan fingerprint density at radius 3 is 2.62 bits per heavy atom. The molecule has 0 spiro atoms. The van der Waals surface area contributed by atoms with E-state index in [9.17, 15) is 26.4 Å². The van der Waals surface area contributed by atoms with Crippen molar-refractivity contribution in [2.24, 2.45) is 0 Å². The Bertz CT molecular complexity index is 1550. The molecule has 204 valence electrons. The molecule has 0 aliphatic carbocycles. The number of halogens is 3. The Morgan fingerprint density at radius 2 is 1.87 bits per heavy atom. The summed E-state index contributed by atoms with van der Waals surface area (Å²) in [6, 6.07) is 17.0. The fraction of sp³-hybridized carbons (Fsp3) is 0.286. The van der Waals surface area contributed by atoms with Gasteiger partial charge in [-0.3, -0.25) is 9.78 Å². The zero-order valence-electron chi connectivity index (χ0n) is 20.7. The van der Waals surface area contributed by atoms with Crippen LogP contribution in [0.25, 0.3) is 11.0 Å². The Morgan fingerprint density at radius 1 is 1.05 bits per heavy atom. The molecule has 1 saturated heterocycles. The number of para-hydroxylation sites is 1. The fourth-order valence-corrected chi connectivity index (χ4v) is 6.25. The van der Waals surface area contributed by atoms with E-state index in [1.165, 1.54) is 16.4 Å². The number of furan rings is 1. The van der Waals surface area contributed by atoms with Crippen molar-refractivity contribution in [3.8, 4) is 5.75 Å². The highest BCUT2D eigenvalue weighted by Crippen LogP contribution is 2.31. The van der Waals surface area contributed by atoms with Crippen molar-refractivity contribution in [2.75, 3.05) is 6.54 Å². The van der Waals surface area contributed by atoms with Crippen LogP contribution in [0.1, 0.15) is 36.1 Å². The van der Waals surface area contributed by atoms with Gasteiger partial charge in [0.15, 0.2) is 5.78 Å². The van der Waals surface area contributed by atoms with Gasteiger partial charge in [-0.2, -0.15) is 17.5 Å². The molecular formula is C28H25F3N2O5S. The number of fused-ring (bicyclic) bond motifs is 1. The van der Waals surface area contributed by atoms with Crippen LogP contribution in [0.15, 0.2) is 82.4 Å². The summed E-state index contributed by atoms with van der Waals surface area (Å²) in [6.45, 7) is 0.280. The second kappa shape index (κ2) is 10.8. The molecule has 1 aliphatic rings. The average Bonchev–Trinajstić information content (AvgIpc) is 3.59. The van der Waals surface area contributed by atoms with Crippen molar-refractivity contribution in [1.82, 2.24) is 9.29 Å². The maximum absolute atomic E-state index is 13.3. The maximum atomic E-state index is 13.3. The van der Waals surface area contributed by atoms with Gasteiger partial charge < -0.3 is 9.15 Å². The lowest BCUT2D eigenvalue weighted by atomic mass is 10.0. The molecular weight excluding hydrogens is 533 g/mol. The van der Waals surface area contributed by atoms with E-state index < -0.39 is 27.9 Å². The zero-order chi connectivity index (χ0) is 27.6. The number of pyridine rings is 1. The first-order valence-corrected chi connectivity index (χ1v) is 13.8. The number of carbonyl (C=O) groups excluding carboxylic acids is 1. The first-order chi connectivity index (χ1) is 18.6. The van der Waals surface area contributed by atoms with E-state index in [0.717, 1.165) is 17.8 Å². The second-order valence-corrected chi connectivity index (χ2v) is 11.2. The number of hydrogen-bond acceptors (Lipinski definition) is 6. The molecule has 0 saturated carbocycles. The lowest BCUT2D eigenvalue weighted by Gasteiger charge is -2.21. The first kappa shape index (κ1) is 26.9. The normalized spacial score (nSPS) is 16.5. The lowest BCUT2D eigenvalue weighted by molar-refractivity contribution is -0.141. The number of nitrogens with zero attached hydrogens (tertiary/aromatic N) is 2. The van der Waals surface area contributed by atoms with E-state index in [4.69, 9.17) is 9.15 Å². The van der Waals surface area contributed by atoms with E-state index >= 15 is 0 Å². The Kier molecular flexibility index (Phi) is 7.46. The third-order valence-corrected chi connectivity index (χ3v) is 8.38. The number of sulfonamides is 1. The molecule has 0 radical (unpaired) electrons. The van der Waals surface area contributed by atoms with Gasteiger partial charge in [-0.05, 0) is 49.1 Å².